The Morgan fingerprint density at radius 3 is 2.27 bits per heavy atom. The van der Waals surface area contributed by atoms with Crippen molar-refractivity contribution in [2.75, 3.05) is 18.4 Å². The number of para-hydroxylation sites is 3. The number of hydrogen-bond donors (Lipinski definition) is 3. The fourth-order valence-electron chi connectivity index (χ4n) is 2.04. The van der Waals surface area contributed by atoms with Crippen LogP contribution >= 0.6 is 11.6 Å². The highest BCUT2D eigenvalue weighted by molar-refractivity contribution is 6.32. The number of carbonyl (C=O) groups excluding carboxylic acids is 2. The van der Waals surface area contributed by atoms with E-state index in [0.717, 1.165) is 0 Å². The van der Waals surface area contributed by atoms with Gasteiger partial charge in [0.15, 0.2) is 5.75 Å². The van der Waals surface area contributed by atoms with Crippen LogP contribution in [0.15, 0.2) is 48.5 Å². The van der Waals surface area contributed by atoms with Gasteiger partial charge in [-0.25, -0.2) is 4.79 Å². The van der Waals surface area contributed by atoms with Gasteiger partial charge in [-0.15, -0.1) is 0 Å². The molecule has 7 heteroatoms. The molecule has 0 fully saturated rings. The largest absolute Gasteiger partial charge is 0.454 e. The first-order valence-corrected chi connectivity index (χ1v) is 8.69. The number of carbonyl (C=O) groups is 2. The average molecular weight is 376 g/mol. The van der Waals surface area contributed by atoms with E-state index in [9.17, 15) is 9.59 Å². The molecular formula is C19H22ClN3O3. The fourth-order valence-corrected chi connectivity index (χ4v) is 2.21. The smallest absolute Gasteiger partial charge is 0.319 e. The van der Waals surface area contributed by atoms with Crippen LogP contribution in [-0.4, -0.2) is 25.0 Å². The molecule has 0 aliphatic carbocycles. The van der Waals surface area contributed by atoms with Gasteiger partial charge >= 0.3 is 6.03 Å². The summed E-state index contributed by atoms with van der Waals surface area (Å²) in [6.07, 6.45) is 0. The maximum absolute atomic E-state index is 12.0. The van der Waals surface area contributed by atoms with Crippen LogP contribution in [0.5, 0.6) is 11.5 Å². The van der Waals surface area contributed by atoms with Gasteiger partial charge in [0.1, 0.15) is 5.75 Å². The molecule has 3 amide bonds. The molecular weight excluding hydrogens is 354 g/mol. The van der Waals surface area contributed by atoms with Gasteiger partial charge in [-0.2, -0.15) is 0 Å². The number of ether oxygens (including phenoxy) is 1. The van der Waals surface area contributed by atoms with Gasteiger partial charge < -0.3 is 20.7 Å². The summed E-state index contributed by atoms with van der Waals surface area (Å²) in [7, 11) is 0. The van der Waals surface area contributed by atoms with E-state index in [1.807, 2.05) is 26.0 Å². The molecule has 0 aliphatic rings. The number of rotatable bonds is 7. The predicted octanol–water partition coefficient (Wildman–Crippen LogP) is 4.03. The predicted molar refractivity (Wildman–Crippen MR) is 103 cm³/mol. The van der Waals surface area contributed by atoms with Crippen molar-refractivity contribution in [3.8, 4) is 11.5 Å². The first kappa shape index (κ1) is 19.6. The van der Waals surface area contributed by atoms with Gasteiger partial charge in [0.25, 0.3) is 0 Å². The van der Waals surface area contributed by atoms with Crippen molar-refractivity contribution < 1.29 is 14.3 Å². The Labute approximate surface area is 157 Å². The Hall–Kier alpha value is -2.73. The van der Waals surface area contributed by atoms with Crippen molar-refractivity contribution in [3.05, 3.63) is 53.6 Å². The SMILES string of the molecule is CC(C)C(=O)NCCNC(=O)Nc1ccccc1Oc1ccccc1Cl. The molecule has 6 nitrogen and oxygen atoms in total. The maximum Gasteiger partial charge on any atom is 0.319 e. The lowest BCUT2D eigenvalue weighted by atomic mass is 10.2. The first-order valence-electron chi connectivity index (χ1n) is 8.31. The second-order valence-electron chi connectivity index (χ2n) is 5.86. The molecule has 0 saturated heterocycles. The molecule has 2 aromatic carbocycles. The summed E-state index contributed by atoms with van der Waals surface area (Å²) in [5.41, 5.74) is 0.510. The second-order valence-corrected chi connectivity index (χ2v) is 6.26. The van der Waals surface area contributed by atoms with Crippen molar-refractivity contribution >= 4 is 29.2 Å². The Bertz CT molecular complexity index is 765. The molecule has 0 radical (unpaired) electrons. The van der Waals surface area contributed by atoms with Crippen LogP contribution in [0.3, 0.4) is 0 Å². The lowest BCUT2D eigenvalue weighted by Crippen LogP contribution is -2.38. The lowest BCUT2D eigenvalue weighted by Gasteiger charge is -2.14. The average Bonchev–Trinajstić information content (AvgIpc) is 2.62. The standard InChI is InChI=1S/C19H22ClN3O3/c1-13(2)18(24)21-11-12-22-19(25)23-15-8-4-6-10-17(15)26-16-9-5-3-7-14(16)20/h3-10,13H,11-12H2,1-2H3,(H,21,24)(H2,22,23,25). The fraction of sp³-hybridized carbons (Fsp3) is 0.263. The van der Waals surface area contributed by atoms with Crippen molar-refractivity contribution in [2.45, 2.75) is 13.8 Å². The van der Waals surface area contributed by atoms with E-state index in [1.54, 1.807) is 36.4 Å². The summed E-state index contributed by atoms with van der Waals surface area (Å²) in [6.45, 7) is 4.30. The lowest BCUT2D eigenvalue weighted by molar-refractivity contribution is -0.123. The zero-order valence-electron chi connectivity index (χ0n) is 14.7. The number of benzene rings is 2. The zero-order chi connectivity index (χ0) is 18.9. The number of hydrogen-bond acceptors (Lipinski definition) is 3. The highest BCUT2D eigenvalue weighted by Crippen LogP contribution is 2.33. The van der Waals surface area contributed by atoms with Crippen LogP contribution in [0.2, 0.25) is 5.02 Å². The Kier molecular flexibility index (Phi) is 7.29. The van der Waals surface area contributed by atoms with E-state index in [4.69, 9.17) is 16.3 Å². The second kappa shape index (κ2) is 9.68. The van der Waals surface area contributed by atoms with Crippen LogP contribution in [0.1, 0.15) is 13.8 Å². The van der Waals surface area contributed by atoms with Gasteiger partial charge in [-0.3, -0.25) is 4.79 Å². The summed E-state index contributed by atoms with van der Waals surface area (Å²) in [5, 5.41) is 8.62. The Morgan fingerprint density at radius 1 is 0.962 bits per heavy atom. The Balaban J connectivity index is 1.90. The van der Waals surface area contributed by atoms with Crippen molar-refractivity contribution in [3.63, 3.8) is 0 Å². The molecule has 0 aliphatic heterocycles. The number of amides is 3. The highest BCUT2D eigenvalue weighted by Gasteiger charge is 2.10. The third-order valence-corrected chi connectivity index (χ3v) is 3.74. The summed E-state index contributed by atoms with van der Waals surface area (Å²) in [5.74, 6) is 0.840. The minimum Gasteiger partial charge on any atom is -0.454 e. The number of anilines is 1. The van der Waals surface area contributed by atoms with Crippen molar-refractivity contribution in [1.82, 2.24) is 10.6 Å². The molecule has 26 heavy (non-hydrogen) atoms. The molecule has 2 aromatic rings. The molecule has 0 heterocycles. The number of urea groups is 1. The van der Waals surface area contributed by atoms with E-state index < -0.39 is 0 Å². The third kappa shape index (κ3) is 5.97. The van der Waals surface area contributed by atoms with Gasteiger partial charge in [-0.05, 0) is 24.3 Å². The monoisotopic (exact) mass is 375 g/mol. The van der Waals surface area contributed by atoms with Crippen LogP contribution in [0.25, 0.3) is 0 Å². The summed E-state index contributed by atoms with van der Waals surface area (Å²) < 4.78 is 5.79. The topological polar surface area (TPSA) is 79.5 Å². The normalized spacial score (nSPS) is 10.3. The van der Waals surface area contributed by atoms with Crippen LogP contribution in [-0.2, 0) is 4.79 Å². The minimum absolute atomic E-state index is 0.0503. The Morgan fingerprint density at radius 2 is 1.58 bits per heavy atom. The quantitative estimate of drug-likeness (QED) is 0.639. The van der Waals surface area contributed by atoms with E-state index in [0.29, 0.717) is 35.3 Å². The summed E-state index contributed by atoms with van der Waals surface area (Å²) in [6, 6.07) is 13.8. The van der Waals surface area contributed by atoms with Crippen LogP contribution in [0.4, 0.5) is 10.5 Å². The van der Waals surface area contributed by atoms with Crippen molar-refractivity contribution in [2.24, 2.45) is 5.92 Å². The molecule has 0 atom stereocenters. The summed E-state index contributed by atoms with van der Waals surface area (Å²) in [4.78, 5) is 23.5. The molecule has 138 valence electrons. The zero-order valence-corrected chi connectivity index (χ0v) is 15.5. The molecule has 0 bridgehead atoms. The highest BCUT2D eigenvalue weighted by atomic mass is 35.5. The van der Waals surface area contributed by atoms with Crippen molar-refractivity contribution in [1.29, 1.82) is 0 Å². The molecule has 0 saturated carbocycles. The van der Waals surface area contributed by atoms with Gasteiger partial charge in [0.05, 0.1) is 10.7 Å². The number of nitrogens with one attached hydrogen (secondary N) is 3. The van der Waals surface area contributed by atoms with E-state index >= 15 is 0 Å². The van der Waals surface area contributed by atoms with Crippen LogP contribution in [0, 0.1) is 5.92 Å². The molecule has 3 N–H and O–H groups in total. The van der Waals surface area contributed by atoms with Gasteiger partial charge in [0, 0.05) is 19.0 Å². The third-order valence-electron chi connectivity index (χ3n) is 3.43. The maximum atomic E-state index is 12.0. The molecule has 0 aromatic heterocycles. The first-order chi connectivity index (χ1) is 12.5. The minimum atomic E-state index is -0.390. The number of halogens is 1. The summed E-state index contributed by atoms with van der Waals surface area (Å²) >= 11 is 6.11. The van der Waals surface area contributed by atoms with E-state index in [-0.39, 0.29) is 17.9 Å². The van der Waals surface area contributed by atoms with E-state index in [1.165, 1.54) is 0 Å². The van der Waals surface area contributed by atoms with E-state index in [2.05, 4.69) is 16.0 Å². The van der Waals surface area contributed by atoms with Crippen LogP contribution < -0.4 is 20.7 Å². The van der Waals surface area contributed by atoms with Gasteiger partial charge in [0.2, 0.25) is 5.91 Å². The molecule has 2 rings (SSSR count). The van der Waals surface area contributed by atoms with Gasteiger partial charge in [-0.1, -0.05) is 49.7 Å². The molecule has 0 spiro atoms. The molecule has 0 unspecified atom stereocenters.